The van der Waals surface area contributed by atoms with Gasteiger partial charge in [0.2, 0.25) is 5.88 Å². The van der Waals surface area contributed by atoms with E-state index >= 15 is 0 Å². The molecule has 6 heteroatoms. The van der Waals surface area contributed by atoms with Gasteiger partial charge in [0.05, 0.1) is 6.61 Å². The molecular formula is C8H9BrN2O3. The lowest BCUT2D eigenvalue weighted by Crippen LogP contribution is -2.04. The monoisotopic (exact) mass is 260 g/mol. The third kappa shape index (κ3) is 3.29. The Balaban J connectivity index is 2.55. The Kier molecular flexibility index (Phi) is 3.82. The van der Waals surface area contributed by atoms with Crippen molar-refractivity contribution in [1.29, 1.82) is 0 Å². The Morgan fingerprint density at radius 3 is 3.00 bits per heavy atom. The number of hydrogen-bond donors (Lipinski definition) is 1. The van der Waals surface area contributed by atoms with Crippen molar-refractivity contribution in [2.45, 2.75) is 13.3 Å². The molecule has 0 amide bonds. The number of carbonyl (C=O) groups excluding carboxylic acids is 1. The van der Waals surface area contributed by atoms with Gasteiger partial charge in [-0.1, -0.05) is 0 Å². The summed E-state index contributed by atoms with van der Waals surface area (Å²) in [4.78, 5) is 18.0. The van der Waals surface area contributed by atoms with E-state index in [1.165, 1.54) is 13.1 Å². The number of carbonyl (C=O) groups is 1. The lowest BCUT2D eigenvalue weighted by molar-refractivity contribution is -0.140. The molecule has 76 valence electrons. The van der Waals surface area contributed by atoms with Crippen LogP contribution in [-0.4, -0.2) is 27.7 Å². The SMILES string of the molecule is CC(=O)OCCc1cnc(Br)nc1O. The van der Waals surface area contributed by atoms with Crippen molar-refractivity contribution in [3.05, 3.63) is 16.5 Å². The summed E-state index contributed by atoms with van der Waals surface area (Å²) in [6.45, 7) is 1.55. The van der Waals surface area contributed by atoms with E-state index in [1.54, 1.807) is 0 Å². The van der Waals surface area contributed by atoms with Crippen LogP contribution in [0.15, 0.2) is 10.9 Å². The molecule has 0 spiro atoms. The van der Waals surface area contributed by atoms with E-state index in [0.29, 0.717) is 16.7 Å². The first kappa shape index (κ1) is 10.9. The molecule has 0 radical (unpaired) electrons. The molecule has 0 bridgehead atoms. The van der Waals surface area contributed by atoms with Crippen LogP contribution in [0.5, 0.6) is 5.88 Å². The predicted octanol–water partition coefficient (Wildman–Crippen LogP) is 1.05. The first-order chi connectivity index (χ1) is 6.59. The van der Waals surface area contributed by atoms with Crippen molar-refractivity contribution in [1.82, 2.24) is 9.97 Å². The second-order valence-electron chi connectivity index (χ2n) is 2.58. The third-order valence-corrected chi connectivity index (χ3v) is 1.87. The topological polar surface area (TPSA) is 72.3 Å². The predicted molar refractivity (Wildman–Crippen MR) is 51.7 cm³/mol. The maximum Gasteiger partial charge on any atom is 0.302 e. The average Bonchev–Trinajstić information content (AvgIpc) is 2.08. The van der Waals surface area contributed by atoms with Crippen LogP contribution in [-0.2, 0) is 16.0 Å². The van der Waals surface area contributed by atoms with Crippen molar-refractivity contribution in [2.24, 2.45) is 0 Å². The minimum Gasteiger partial charge on any atom is -0.493 e. The largest absolute Gasteiger partial charge is 0.493 e. The van der Waals surface area contributed by atoms with Crippen molar-refractivity contribution in [2.75, 3.05) is 6.61 Å². The highest BCUT2D eigenvalue weighted by Crippen LogP contribution is 2.15. The lowest BCUT2D eigenvalue weighted by Gasteiger charge is -2.03. The summed E-state index contributed by atoms with van der Waals surface area (Å²) in [7, 11) is 0. The van der Waals surface area contributed by atoms with Crippen molar-refractivity contribution < 1.29 is 14.6 Å². The first-order valence-corrected chi connectivity index (χ1v) is 4.72. The molecule has 1 aromatic heterocycles. The van der Waals surface area contributed by atoms with Crippen LogP contribution < -0.4 is 0 Å². The maximum atomic E-state index is 10.4. The van der Waals surface area contributed by atoms with Crippen LogP contribution in [0.25, 0.3) is 0 Å². The van der Waals surface area contributed by atoms with Gasteiger partial charge < -0.3 is 9.84 Å². The molecule has 0 unspecified atom stereocenters. The molecule has 5 nitrogen and oxygen atoms in total. The zero-order valence-electron chi connectivity index (χ0n) is 7.53. The van der Waals surface area contributed by atoms with Gasteiger partial charge in [0.15, 0.2) is 4.73 Å². The van der Waals surface area contributed by atoms with E-state index in [0.717, 1.165) is 0 Å². The van der Waals surface area contributed by atoms with E-state index in [9.17, 15) is 9.90 Å². The number of esters is 1. The molecule has 1 rings (SSSR count). The summed E-state index contributed by atoms with van der Waals surface area (Å²) >= 11 is 3.02. The van der Waals surface area contributed by atoms with Crippen LogP contribution in [0.4, 0.5) is 0 Å². The summed E-state index contributed by atoms with van der Waals surface area (Å²) in [5.74, 6) is -0.443. The Labute approximate surface area is 89.3 Å². The molecule has 0 saturated heterocycles. The van der Waals surface area contributed by atoms with Crippen LogP contribution in [0.2, 0.25) is 0 Å². The number of ether oxygens (including phenoxy) is 1. The number of hydrogen-bond acceptors (Lipinski definition) is 5. The molecule has 0 aliphatic heterocycles. The average molecular weight is 261 g/mol. The van der Waals surface area contributed by atoms with E-state index in [-0.39, 0.29) is 18.5 Å². The quantitative estimate of drug-likeness (QED) is 0.650. The highest BCUT2D eigenvalue weighted by molar-refractivity contribution is 9.10. The van der Waals surface area contributed by atoms with Gasteiger partial charge in [-0.05, 0) is 15.9 Å². The number of nitrogens with zero attached hydrogens (tertiary/aromatic N) is 2. The molecular weight excluding hydrogens is 252 g/mol. The molecule has 0 saturated carbocycles. The Bertz CT molecular complexity index is 343. The molecule has 0 aliphatic rings. The first-order valence-electron chi connectivity index (χ1n) is 3.93. The molecule has 14 heavy (non-hydrogen) atoms. The highest BCUT2D eigenvalue weighted by atomic mass is 79.9. The Hall–Kier alpha value is -1.17. The van der Waals surface area contributed by atoms with Gasteiger partial charge in [0, 0.05) is 25.1 Å². The van der Waals surface area contributed by atoms with E-state index in [1.807, 2.05) is 0 Å². The zero-order valence-corrected chi connectivity index (χ0v) is 9.11. The fourth-order valence-corrected chi connectivity index (χ4v) is 1.13. The van der Waals surface area contributed by atoms with Gasteiger partial charge in [-0.2, -0.15) is 4.98 Å². The molecule has 1 aromatic rings. The third-order valence-electron chi connectivity index (χ3n) is 1.49. The molecule has 0 atom stereocenters. The normalized spacial score (nSPS) is 9.86. The minimum atomic E-state index is -0.345. The van der Waals surface area contributed by atoms with Gasteiger partial charge in [-0.15, -0.1) is 0 Å². The summed E-state index contributed by atoms with van der Waals surface area (Å²) in [6.07, 6.45) is 1.88. The van der Waals surface area contributed by atoms with Crippen LogP contribution >= 0.6 is 15.9 Å². The molecule has 0 aliphatic carbocycles. The fraction of sp³-hybridized carbons (Fsp3) is 0.375. The van der Waals surface area contributed by atoms with Gasteiger partial charge in [0.25, 0.3) is 0 Å². The molecule has 1 N–H and O–H groups in total. The minimum absolute atomic E-state index is 0.0981. The number of halogens is 1. The van der Waals surface area contributed by atoms with Crippen LogP contribution in [0.3, 0.4) is 0 Å². The van der Waals surface area contributed by atoms with Gasteiger partial charge in [-0.3, -0.25) is 4.79 Å². The van der Waals surface area contributed by atoms with Crippen LogP contribution in [0, 0.1) is 0 Å². The summed E-state index contributed by atoms with van der Waals surface area (Å²) in [6, 6.07) is 0. The van der Waals surface area contributed by atoms with Crippen LogP contribution in [0.1, 0.15) is 12.5 Å². The van der Waals surface area contributed by atoms with Crippen molar-refractivity contribution in [3.63, 3.8) is 0 Å². The van der Waals surface area contributed by atoms with Gasteiger partial charge in [-0.25, -0.2) is 4.98 Å². The van der Waals surface area contributed by atoms with Crippen molar-refractivity contribution >= 4 is 21.9 Å². The highest BCUT2D eigenvalue weighted by Gasteiger charge is 2.04. The van der Waals surface area contributed by atoms with Crippen molar-refractivity contribution in [3.8, 4) is 5.88 Å². The molecule has 0 aromatic carbocycles. The Morgan fingerprint density at radius 1 is 1.71 bits per heavy atom. The van der Waals surface area contributed by atoms with Gasteiger partial charge in [0.1, 0.15) is 0 Å². The van der Waals surface area contributed by atoms with E-state index < -0.39 is 0 Å². The van der Waals surface area contributed by atoms with E-state index in [4.69, 9.17) is 4.74 Å². The Morgan fingerprint density at radius 2 is 2.43 bits per heavy atom. The van der Waals surface area contributed by atoms with Gasteiger partial charge >= 0.3 is 5.97 Å². The zero-order chi connectivity index (χ0) is 10.6. The number of rotatable bonds is 3. The number of aromatic nitrogens is 2. The smallest absolute Gasteiger partial charge is 0.302 e. The standard InChI is InChI=1S/C8H9BrN2O3/c1-5(12)14-3-2-6-4-10-8(9)11-7(6)13/h4H,2-3H2,1H3,(H,10,11,13). The summed E-state index contributed by atoms with van der Waals surface area (Å²) in [5, 5.41) is 9.33. The lowest BCUT2D eigenvalue weighted by atomic mass is 10.2. The fourth-order valence-electron chi connectivity index (χ4n) is 0.858. The second-order valence-corrected chi connectivity index (χ2v) is 3.29. The van der Waals surface area contributed by atoms with E-state index in [2.05, 4.69) is 25.9 Å². The number of aromatic hydroxyl groups is 1. The second kappa shape index (κ2) is 4.90. The summed E-state index contributed by atoms with van der Waals surface area (Å²) in [5.41, 5.74) is 0.550. The summed E-state index contributed by atoms with van der Waals surface area (Å²) < 4.78 is 5.04. The molecule has 0 fully saturated rings. The maximum absolute atomic E-state index is 10.4. The molecule has 1 heterocycles.